The van der Waals surface area contributed by atoms with Crippen molar-refractivity contribution in [2.24, 2.45) is 0 Å². The van der Waals surface area contributed by atoms with E-state index in [9.17, 15) is 8.42 Å². The van der Waals surface area contributed by atoms with Crippen LogP contribution in [0.2, 0.25) is 0 Å². The molecule has 1 aromatic heterocycles. The zero-order valence-electron chi connectivity index (χ0n) is 11.1. The quantitative estimate of drug-likeness (QED) is 0.880. The fourth-order valence-electron chi connectivity index (χ4n) is 2.22. The van der Waals surface area contributed by atoms with E-state index in [1.54, 1.807) is 16.4 Å². The molecule has 0 aromatic carbocycles. The van der Waals surface area contributed by atoms with Crippen molar-refractivity contribution in [1.82, 2.24) is 9.21 Å². The molecule has 1 aromatic rings. The van der Waals surface area contributed by atoms with Crippen LogP contribution in [0, 0.1) is 0 Å². The summed E-state index contributed by atoms with van der Waals surface area (Å²) in [5.41, 5.74) is 0. The predicted octanol–water partition coefficient (Wildman–Crippen LogP) is 0.957. The van der Waals surface area contributed by atoms with Crippen LogP contribution >= 0.6 is 11.3 Å². The van der Waals surface area contributed by atoms with Crippen molar-refractivity contribution >= 4 is 21.4 Å². The summed E-state index contributed by atoms with van der Waals surface area (Å²) in [4.78, 5) is 2.97. The first kappa shape index (κ1) is 14.9. The number of rotatable bonds is 5. The maximum atomic E-state index is 12.4. The number of nitrogens with zero attached hydrogens (tertiary/aromatic N) is 2. The first-order valence-corrected chi connectivity index (χ1v) is 8.75. The van der Waals surface area contributed by atoms with Gasteiger partial charge < -0.3 is 10.0 Å². The van der Waals surface area contributed by atoms with E-state index in [-0.39, 0.29) is 6.61 Å². The summed E-state index contributed by atoms with van der Waals surface area (Å²) in [6, 6.07) is 3.26. The van der Waals surface area contributed by atoms with Crippen LogP contribution in [0.1, 0.15) is 18.2 Å². The standard InChI is InChI=1S/C12H20N2O3S2/c1-2-5-13-6-8-14(9-7-13)19(16,17)12-4-3-11(10-15)18-12/h3-4,15H,2,5-10H2,1H3. The van der Waals surface area contributed by atoms with Gasteiger partial charge >= 0.3 is 0 Å². The minimum atomic E-state index is -3.38. The van der Waals surface area contributed by atoms with E-state index in [4.69, 9.17) is 5.11 Å². The Hall–Kier alpha value is -0.470. The summed E-state index contributed by atoms with van der Waals surface area (Å²) in [6.07, 6.45) is 1.09. The molecule has 2 rings (SSSR count). The molecule has 0 radical (unpaired) electrons. The van der Waals surface area contributed by atoms with Gasteiger partial charge in [0.25, 0.3) is 10.0 Å². The topological polar surface area (TPSA) is 60.9 Å². The summed E-state index contributed by atoms with van der Waals surface area (Å²) < 4.78 is 26.7. The molecule has 0 amide bonds. The second-order valence-electron chi connectivity index (χ2n) is 4.62. The molecule has 7 heteroatoms. The highest BCUT2D eigenvalue weighted by Crippen LogP contribution is 2.25. The molecule has 1 saturated heterocycles. The van der Waals surface area contributed by atoms with Gasteiger partial charge in [0.1, 0.15) is 4.21 Å². The van der Waals surface area contributed by atoms with E-state index in [1.807, 2.05) is 0 Å². The normalized spacial score (nSPS) is 18.8. The summed E-state index contributed by atoms with van der Waals surface area (Å²) in [5.74, 6) is 0. The van der Waals surface area contributed by atoms with E-state index in [1.165, 1.54) is 0 Å². The second-order valence-corrected chi connectivity index (χ2v) is 7.96. The third-order valence-electron chi connectivity index (χ3n) is 3.26. The van der Waals surface area contributed by atoms with Crippen molar-refractivity contribution in [2.45, 2.75) is 24.2 Å². The summed E-state index contributed by atoms with van der Waals surface area (Å²) in [7, 11) is -3.38. The van der Waals surface area contributed by atoms with Crippen LogP contribution in [-0.4, -0.2) is 55.5 Å². The van der Waals surface area contributed by atoms with E-state index < -0.39 is 10.0 Å². The lowest BCUT2D eigenvalue weighted by Crippen LogP contribution is -2.48. The molecular formula is C12H20N2O3S2. The molecule has 1 N–H and O–H groups in total. The molecule has 19 heavy (non-hydrogen) atoms. The Morgan fingerprint density at radius 2 is 1.95 bits per heavy atom. The largest absolute Gasteiger partial charge is 0.391 e. The Balaban J connectivity index is 2.05. The highest BCUT2D eigenvalue weighted by Gasteiger charge is 2.29. The summed E-state index contributed by atoms with van der Waals surface area (Å²) in [5, 5.41) is 9.02. The number of thiophene rings is 1. The van der Waals surface area contributed by atoms with Gasteiger partial charge in [-0.05, 0) is 25.1 Å². The molecule has 1 aliphatic rings. The van der Waals surface area contributed by atoms with Gasteiger partial charge in [0.05, 0.1) is 6.61 Å². The second kappa shape index (κ2) is 6.32. The molecule has 0 unspecified atom stereocenters. The number of sulfonamides is 1. The van der Waals surface area contributed by atoms with Crippen molar-refractivity contribution in [3.8, 4) is 0 Å². The minimum absolute atomic E-state index is 0.107. The first-order valence-electron chi connectivity index (χ1n) is 6.50. The Labute approximate surface area is 118 Å². The van der Waals surface area contributed by atoms with Crippen molar-refractivity contribution < 1.29 is 13.5 Å². The van der Waals surface area contributed by atoms with E-state index in [2.05, 4.69) is 11.8 Å². The Morgan fingerprint density at radius 3 is 2.47 bits per heavy atom. The smallest absolute Gasteiger partial charge is 0.252 e. The van der Waals surface area contributed by atoms with Crippen LogP contribution in [0.5, 0.6) is 0 Å². The molecule has 108 valence electrons. The summed E-state index contributed by atoms with van der Waals surface area (Å²) in [6.45, 7) is 5.75. The lowest BCUT2D eigenvalue weighted by Gasteiger charge is -2.33. The Kier molecular flexibility index (Phi) is 4.97. The van der Waals surface area contributed by atoms with Crippen LogP contribution in [0.4, 0.5) is 0 Å². The Bertz CT molecular complexity index is 505. The molecule has 0 atom stereocenters. The van der Waals surface area contributed by atoms with Crippen LogP contribution in [-0.2, 0) is 16.6 Å². The van der Waals surface area contributed by atoms with E-state index in [0.717, 1.165) is 37.4 Å². The van der Waals surface area contributed by atoms with Crippen LogP contribution in [0.25, 0.3) is 0 Å². The molecule has 2 heterocycles. The van der Waals surface area contributed by atoms with Crippen molar-refractivity contribution in [2.75, 3.05) is 32.7 Å². The van der Waals surface area contributed by atoms with Crippen molar-refractivity contribution in [3.63, 3.8) is 0 Å². The monoisotopic (exact) mass is 304 g/mol. The molecule has 0 bridgehead atoms. The zero-order chi connectivity index (χ0) is 13.9. The van der Waals surface area contributed by atoms with Crippen LogP contribution in [0.3, 0.4) is 0 Å². The molecule has 0 saturated carbocycles. The van der Waals surface area contributed by atoms with Gasteiger partial charge in [0.2, 0.25) is 0 Å². The fraction of sp³-hybridized carbons (Fsp3) is 0.667. The SMILES string of the molecule is CCCN1CCN(S(=O)(=O)c2ccc(CO)s2)CC1. The lowest BCUT2D eigenvalue weighted by atomic mass is 10.3. The maximum absolute atomic E-state index is 12.4. The van der Waals surface area contributed by atoms with Crippen LogP contribution < -0.4 is 0 Å². The number of hydrogen-bond donors (Lipinski definition) is 1. The first-order chi connectivity index (χ1) is 9.07. The van der Waals surface area contributed by atoms with E-state index >= 15 is 0 Å². The Morgan fingerprint density at radius 1 is 1.26 bits per heavy atom. The van der Waals surface area contributed by atoms with Crippen molar-refractivity contribution in [1.29, 1.82) is 0 Å². The molecule has 5 nitrogen and oxygen atoms in total. The number of hydrogen-bond acceptors (Lipinski definition) is 5. The number of piperazine rings is 1. The van der Waals surface area contributed by atoms with Gasteiger partial charge in [-0.2, -0.15) is 4.31 Å². The van der Waals surface area contributed by atoms with Crippen LogP contribution in [0.15, 0.2) is 16.3 Å². The van der Waals surface area contributed by atoms with Gasteiger partial charge in [-0.3, -0.25) is 0 Å². The van der Waals surface area contributed by atoms with Gasteiger partial charge in [-0.15, -0.1) is 11.3 Å². The summed E-state index contributed by atoms with van der Waals surface area (Å²) >= 11 is 1.15. The third kappa shape index (κ3) is 3.35. The molecular weight excluding hydrogens is 284 g/mol. The molecule has 0 spiro atoms. The predicted molar refractivity (Wildman–Crippen MR) is 75.7 cm³/mol. The fourth-order valence-corrected chi connectivity index (χ4v) is 5.01. The van der Waals surface area contributed by atoms with Crippen molar-refractivity contribution in [3.05, 3.63) is 17.0 Å². The number of aliphatic hydroxyl groups is 1. The van der Waals surface area contributed by atoms with Gasteiger partial charge in [-0.25, -0.2) is 8.42 Å². The molecule has 1 fully saturated rings. The van der Waals surface area contributed by atoms with E-state index in [0.29, 0.717) is 22.2 Å². The average Bonchev–Trinajstić information content (AvgIpc) is 2.89. The number of aliphatic hydroxyl groups excluding tert-OH is 1. The van der Waals surface area contributed by atoms with Gasteiger partial charge in [0, 0.05) is 31.1 Å². The lowest BCUT2D eigenvalue weighted by molar-refractivity contribution is 0.189. The highest BCUT2D eigenvalue weighted by molar-refractivity contribution is 7.91. The third-order valence-corrected chi connectivity index (χ3v) is 6.69. The molecule has 1 aliphatic heterocycles. The zero-order valence-corrected chi connectivity index (χ0v) is 12.7. The minimum Gasteiger partial charge on any atom is -0.391 e. The van der Waals surface area contributed by atoms with Gasteiger partial charge in [-0.1, -0.05) is 6.92 Å². The highest BCUT2D eigenvalue weighted by atomic mass is 32.2. The molecule has 0 aliphatic carbocycles. The maximum Gasteiger partial charge on any atom is 0.252 e. The average molecular weight is 304 g/mol. The van der Waals surface area contributed by atoms with Gasteiger partial charge in [0.15, 0.2) is 0 Å².